The average Bonchev–Trinajstić information content (AvgIpc) is 2.18. The van der Waals surface area contributed by atoms with E-state index in [0.717, 1.165) is 24.9 Å². The molecular weight excluding hydrogens is 217 g/mol. The van der Waals surface area contributed by atoms with Gasteiger partial charge in [0.2, 0.25) is 0 Å². The summed E-state index contributed by atoms with van der Waals surface area (Å²) < 4.78 is 0. The Bertz CT molecular complexity index is 299. The van der Waals surface area contributed by atoms with Crippen LogP contribution in [0.25, 0.3) is 0 Å². The van der Waals surface area contributed by atoms with Crippen molar-refractivity contribution >= 4 is 23.2 Å². The van der Waals surface area contributed by atoms with Crippen molar-refractivity contribution in [2.75, 3.05) is 6.54 Å². The van der Waals surface area contributed by atoms with Crippen LogP contribution in [0.3, 0.4) is 0 Å². The van der Waals surface area contributed by atoms with Crippen LogP contribution in [0.15, 0.2) is 18.2 Å². The molecule has 0 fully saturated rings. The van der Waals surface area contributed by atoms with Gasteiger partial charge in [-0.2, -0.15) is 0 Å². The summed E-state index contributed by atoms with van der Waals surface area (Å²) >= 11 is 12.0. The van der Waals surface area contributed by atoms with Gasteiger partial charge in [-0.25, -0.2) is 0 Å². The van der Waals surface area contributed by atoms with Crippen LogP contribution in [0.5, 0.6) is 0 Å². The minimum Gasteiger partial charge on any atom is -0.330 e. The molecule has 0 aliphatic rings. The fraction of sp³-hybridized carbons (Fsp3) is 0.455. The van der Waals surface area contributed by atoms with Crippen molar-refractivity contribution in [1.29, 1.82) is 0 Å². The Morgan fingerprint density at radius 3 is 2.71 bits per heavy atom. The molecule has 0 spiro atoms. The number of nitrogens with two attached hydrogens (primary N) is 1. The molecule has 3 heteroatoms. The lowest BCUT2D eigenvalue weighted by Crippen LogP contribution is -2.02. The normalized spacial score (nSPS) is 12.9. The Labute approximate surface area is 95.2 Å². The van der Waals surface area contributed by atoms with E-state index in [4.69, 9.17) is 28.9 Å². The highest BCUT2D eigenvalue weighted by Crippen LogP contribution is 2.32. The van der Waals surface area contributed by atoms with E-state index in [0.29, 0.717) is 16.0 Å². The molecule has 0 aliphatic carbocycles. The number of benzene rings is 1. The summed E-state index contributed by atoms with van der Waals surface area (Å²) in [4.78, 5) is 0. The van der Waals surface area contributed by atoms with Gasteiger partial charge < -0.3 is 5.73 Å². The molecule has 2 N–H and O–H groups in total. The molecule has 0 radical (unpaired) electrons. The third-order valence-corrected chi connectivity index (χ3v) is 3.19. The highest BCUT2D eigenvalue weighted by Gasteiger charge is 2.10. The van der Waals surface area contributed by atoms with Crippen LogP contribution in [-0.4, -0.2) is 6.54 Å². The molecule has 1 nitrogen and oxygen atoms in total. The van der Waals surface area contributed by atoms with Gasteiger partial charge in [0.05, 0.1) is 10.0 Å². The van der Waals surface area contributed by atoms with E-state index >= 15 is 0 Å². The smallest absolute Gasteiger partial charge is 0.0626 e. The summed E-state index contributed by atoms with van der Waals surface area (Å²) in [5, 5.41) is 1.31. The standard InChI is InChI=1S/C11H15Cl2N/c1-8(4-3-7-14)9-5-2-6-10(12)11(9)13/h2,5-6,8H,3-4,7,14H2,1H3. The number of hydrogen-bond donors (Lipinski definition) is 1. The number of rotatable bonds is 4. The molecule has 0 bridgehead atoms. The van der Waals surface area contributed by atoms with Gasteiger partial charge in [-0.15, -0.1) is 0 Å². The second-order valence-corrected chi connectivity index (χ2v) is 4.26. The monoisotopic (exact) mass is 231 g/mol. The molecule has 0 saturated heterocycles. The Balaban J connectivity index is 2.79. The van der Waals surface area contributed by atoms with Gasteiger partial charge in [-0.1, -0.05) is 42.3 Å². The fourth-order valence-electron chi connectivity index (χ4n) is 1.48. The zero-order valence-corrected chi connectivity index (χ0v) is 9.78. The topological polar surface area (TPSA) is 26.0 Å². The lowest BCUT2D eigenvalue weighted by molar-refractivity contribution is 0.641. The van der Waals surface area contributed by atoms with E-state index in [1.807, 2.05) is 18.2 Å². The molecule has 1 aromatic rings. The molecule has 0 heterocycles. The summed E-state index contributed by atoms with van der Waals surface area (Å²) in [6.07, 6.45) is 2.07. The lowest BCUT2D eigenvalue weighted by Gasteiger charge is -2.13. The fourth-order valence-corrected chi connectivity index (χ4v) is 1.97. The Morgan fingerprint density at radius 1 is 1.36 bits per heavy atom. The first-order chi connectivity index (χ1) is 6.66. The zero-order valence-electron chi connectivity index (χ0n) is 8.26. The number of hydrogen-bond acceptors (Lipinski definition) is 1. The average molecular weight is 232 g/mol. The van der Waals surface area contributed by atoms with E-state index in [-0.39, 0.29) is 0 Å². The molecule has 0 aromatic heterocycles. The minimum absolute atomic E-state index is 0.421. The van der Waals surface area contributed by atoms with Crippen LogP contribution in [0.1, 0.15) is 31.2 Å². The first kappa shape index (κ1) is 11.8. The second-order valence-electron chi connectivity index (χ2n) is 3.47. The first-order valence-electron chi connectivity index (χ1n) is 4.80. The summed E-state index contributed by atoms with van der Waals surface area (Å²) in [6, 6.07) is 5.76. The molecule has 78 valence electrons. The zero-order chi connectivity index (χ0) is 10.6. The van der Waals surface area contributed by atoms with Gasteiger partial charge in [-0.05, 0) is 36.9 Å². The summed E-state index contributed by atoms with van der Waals surface area (Å²) in [5.41, 5.74) is 6.58. The molecule has 14 heavy (non-hydrogen) atoms. The SMILES string of the molecule is CC(CCCN)c1cccc(Cl)c1Cl. The van der Waals surface area contributed by atoms with Crippen LogP contribution in [0, 0.1) is 0 Å². The van der Waals surface area contributed by atoms with Crippen LogP contribution < -0.4 is 5.73 Å². The van der Waals surface area contributed by atoms with Gasteiger partial charge in [0.25, 0.3) is 0 Å². The highest BCUT2D eigenvalue weighted by molar-refractivity contribution is 6.42. The first-order valence-corrected chi connectivity index (χ1v) is 5.56. The Morgan fingerprint density at radius 2 is 2.07 bits per heavy atom. The van der Waals surface area contributed by atoms with Gasteiger partial charge in [0, 0.05) is 0 Å². The molecule has 1 unspecified atom stereocenters. The minimum atomic E-state index is 0.421. The molecule has 1 rings (SSSR count). The van der Waals surface area contributed by atoms with Crippen molar-refractivity contribution in [2.24, 2.45) is 5.73 Å². The van der Waals surface area contributed by atoms with Gasteiger partial charge >= 0.3 is 0 Å². The van der Waals surface area contributed by atoms with Crippen molar-refractivity contribution in [3.8, 4) is 0 Å². The molecule has 0 saturated carbocycles. The molecule has 1 atom stereocenters. The number of halogens is 2. The van der Waals surface area contributed by atoms with E-state index in [9.17, 15) is 0 Å². The van der Waals surface area contributed by atoms with Crippen molar-refractivity contribution in [3.05, 3.63) is 33.8 Å². The predicted octanol–water partition coefficient (Wildman–Crippen LogP) is 3.84. The third-order valence-electron chi connectivity index (χ3n) is 2.35. The quantitative estimate of drug-likeness (QED) is 0.838. The summed E-state index contributed by atoms with van der Waals surface area (Å²) in [6.45, 7) is 2.87. The molecule has 0 amide bonds. The largest absolute Gasteiger partial charge is 0.330 e. The highest BCUT2D eigenvalue weighted by atomic mass is 35.5. The van der Waals surface area contributed by atoms with Gasteiger partial charge in [0.1, 0.15) is 0 Å². The van der Waals surface area contributed by atoms with Crippen molar-refractivity contribution in [1.82, 2.24) is 0 Å². The van der Waals surface area contributed by atoms with Crippen LogP contribution in [0.2, 0.25) is 10.0 Å². The maximum absolute atomic E-state index is 6.10. The lowest BCUT2D eigenvalue weighted by atomic mass is 9.96. The maximum atomic E-state index is 6.10. The Hall–Kier alpha value is -0.240. The van der Waals surface area contributed by atoms with E-state index in [2.05, 4.69) is 6.92 Å². The summed E-state index contributed by atoms with van der Waals surface area (Å²) in [5.74, 6) is 0.421. The van der Waals surface area contributed by atoms with E-state index < -0.39 is 0 Å². The molecular formula is C11H15Cl2N. The Kier molecular flexibility index (Phi) is 4.73. The van der Waals surface area contributed by atoms with E-state index in [1.165, 1.54) is 0 Å². The van der Waals surface area contributed by atoms with Crippen molar-refractivity contribution < 1.29 is 0 Å². The van der Waals surface area contributed by atoms with Crippen molar-refractivity contribution in [2.45, 2.75) is 25.7 Å². The maximum Gasteiger partial charge on any atom is 0.0626 e. The molecule has 1 aromatic carbocycles. The van der Waals surface area contributed by atoms with Gasteiger partial charge in [-0.3, -0.25) is 0 Å². The van der Waals surface area contributed by atoms with Crippen LogP contribution in [0.4, 0.5) is 0 Å². The van der Waals surface area contributed by atoms with Crippen molar-refractivity contribution in [3.63, 3.8) is 0 Å². The second kappa shape index (κ2) is 5.59. The molecule has 0 aliphatic heterocycles. The van der Waals surface area contributed by atoms with Gasteiger partial charge in [0.15, 0.2) is 0 Å². The third kappa shape index (κ3) is 2.88. The van der Waals surface area contributed by atoms with E-state index in [1.54, 1.807) is 0 Å². The predicted molar refractivity (Wildman–Crippen MR) is 63.2 cm³/mol. The van der Waals surface area contributed by atoms with Crippen LogP contribution >= 0.6 is 23.2 Å². The van der Waals surface area contributed by atoms with Crippen LogP contribution in [-0.2, 0) is 0 Å². The summed E-state index contributed by atoms with van der Waals surface area (Å²) in [7, 11) is 0.